The minimum Gasteiger partial charge on any atom is -0.379 e. The molecule has 0 unspecified atom stereocenters. The highest BCUT2D eigenvalue weighted by atomic mass is 32.2. The third kappa shape index (κ3) is 4.73. The summed E-state index contributed by atoms with van der Waals surface area (Å²) in [6.07, 6.45) is 2.16. The van der Waals surface area contributed by atoms with Gasteiger partial charge in [0, 0.05) is 56.7 Å². The van der Waals surface area contributed by atoms with Gasteiger partial charge >= 0.3 is 0 Å². The van der Waals surface area contributed by atoms with E-state index in [9.17, 15) is 17.2 Å². The highest BCUT2D eigenvalue weighted by Crippen LogP contribution is 2.32. The molecule has 0 spiro atoms. The van der Waals surface area contributed by atoms with E-state index in [-0.39, 0.29) is 4.90 Å². The van der Waals surface area contributed by atoms with E-state index < -0.39 is 21.7 Å². The molecule has 4 aromatic rings. The lowest BCUT2D eigenvalue weighted by atomic mass is 10.1. The Morgan fingerprint density at radius 1 is 0.921 bits per heavy atom. The number of aromatic amines is 1. The van der Waals surface area contributed by atoms with Crippen molar-refractivity contribution in [3.05, 3.63) is 59.9 Å². The number of rotatable bonds is 6. The molecular formula is C26H28F2N6O3S. The molecule has 2 aliphatic rings. The number of hydrogen-bond donors (Lipinski definition) is 1. The van der Waals surface area contributed by atoms with Gasteiger partial charge in [-0.05, 0) is 42.3 Å². The smallest absolute Gasteiger partial charge is 0.243 e. The van der Waals surface area contributed by atoms with Gasteiger partial charge in [-0.2, -0.15) is 4.31 Å². The van der Waals surface area contributed by atoms with Crippen molar-refractivity contribution in [2.45, 2.75) is 11.3 Å². The minimum absolute atomic E-state index is 0.239. The summed E-state index contributed by atoms with van der Waals surface area (Å²) in [5, 5.41) is 0.739. The number of nitrogens with one attached hydrogen (secondary N) is 1. The average Bonchev–Trinajstić information content (AvgIpc) is 3.33. The van der Waals surface area contributed by atoms with Gasteiger partial charge in [-0.25, -0.2) is 27.2 Å². The first-order chi connectivity index (χ1) is 18.4. The number of benzene rings is 2. The van der Waals surface area contributed by atoms with Crippen LogP contribution in [0.2, 0.25) is 0 Å². The number of anilines is 1. The van der Waals surface area contributed by atoms with Gasteiger partial charge in [0.2, 0.25) is 10.0 Å². The van der Waals surface area contributed by atoms with E-state index in [0.29, 0.717) is 38.2 Å². The average molecular weight is 543 g/mol. The quantitative estimate of drug-likeness (QED) is 0.401. The molecule has 0 amide bonds. The Morgan fingerprint density at radius 3 is 2.47 bits per heavy atom. The SMILES string of the molecule is O=S(=O)(c1ccc2[nH]c3c(N4CCN(CCc5ccc(F)c(F)c5)CC4)ncnc3c2c1)N1CCOCC1. The van der Waals surface area contributed by atoms with Gasteiger partial charge in [0.1, 0.15) is 17.4 Å². The number of H-pyrrole nitrogens is 1. The van der Waals surface area contributed by atoms with Crippen molar-refractivity contribution in [3.8, 4) is 0 Å². The molecule has 0 atom stereocenters. The zero-order valence-electron chi connectivity index (χ0n) is 20.7. The zero-order chi connectivity index (χ0) is 26.3. The van der Waals surface area contributed by atoms with Gasteiger partial charge in [-0.3, -0.25) is 4.90 Å². The van der Waals surface area contributed by atoms with Crippen LogP contribution in [-0.2, 0) is 21.2 Å². The molecule has 0 aliphatic carbocycles. The second-order valence-electron chi connectivity index (χ2n) is 9.60. The van der Waals surface area contributed by atoms with E-state index in [2.05, 4.69) is 24.8 Å². The van der Waals surface area contributed by atoms with Crippen molar-refractivity contribution in [1.29, 1.82) is 0 Å². The van der Waals surface area contributed by atoms with Crippen LogP contribution >= 0.6 is 0 Å². The minimum atomic E-state index is -3.63. The Bertz CT molecular complexity index is 1580. The summed E-state index contributed by atoms with van der Waals surface area (Å²) in [4.78, 5) is 17.2. The van der Waals surface area contributed by atoms with Gasteiger partial charge in [-0.15, -0.1) is 0 Å². The molecule has 2 aromatic heterocycles. The van der Waals surface area contributed by atoms with Gasteiger partial charge in [0.25, 0.3) is 0 Å². The van der Waals surface area contributed by atoms with Gasteiger partial charge in [0.05, 0.1) is 18.1 Å². The zero-order valence-corrected chi connectivity index (χ0v) is 21.6. The van der Waals surface area contributed by atoms with Crippen molar-refractivity contribution < 1.29 is 21.9 Å². The molecule has 2 aliphatic heterocycles. The fourth-order valence-corrected chi connectivity index (χ4v) is 6.60. The summed E-state index contributed by atoms with van der Waals surface area (Å²) in [7, 11) is -3.63. The van der Waals surface area contributed by atoms with E-state index in [4.69, 9.17) is 4.74 Å². The number of piperazine rings is 1. The van der Waals surface area contributed by atoms with E-state index in [1.165, 1.54) is 22.8 Å². The summed E-state index contributed by atoms with van der Waals surface area (Å²) in [6.45, 7) is 5.32. The maximum absolute atomic E-state index is 13.5. The van der Waals surface area contributed by atoms with Crippen LogP contribution in [0.15, 0.2) is 47.6 Å². The summed E-state index contributed by atoms with van der Waals surface area (Å²) < 4.78 is 59.8. The highest BCUT2D eigenvalue weighted by molar-refractivity contribution is 7.89. The molecule has 12 heteroatoms. The maximum Gasteiger partial charge on any atom is 0.243 e. The second-order valence-corrected chi connectivity index (χ2v) is 11.5. The topological polar surface area (TPSA) is 94.7 Å². The van der Waals surface area contributed by atoms with Gasteiger partial charge in [-0.1, -0.05) is 6.07 Å². The molecule has 0 bridgehead atoms. The lowest BCUT2D eigenvalue weighted by Crippen LogP contribution is -2.47. The van der Waals surface area contributed by atoms with Crippen LogP contribution in [0.25, 0.3) is 21.9 Å². The Labute approximate surface area is 219 Å². The molecule has 38 heavy (non-hydrogen) atoms. The molecule has 0 radical (unpaired) electrons. The summed E-state index contributed by atoms with van der Waals surface area (Å²) in [6, 6.07) is 9.15. The van der Waals surface area contributed by atoms with Crippen LogP contribution in [0.4, 0.5) is 14.6 Å². The molecular weight excluding hydrogens is 514 g/mol. The number of hydrogen-bond acceptors (Lipinski definition) is 7. The van der Waals surface area contributed by atoms with E-state index in [1.54, 1.807) is 24.3 Å². The predicted octanol–water partition coefficient (Wildman–Crippen LogP) is 2.77. The summed E-state index contributed by atoms with van der Waals surface area (Å²) >= 11 is 0. The van der Waals surface area contributed by atoms with E-state index >= 15 is 0 Å². The first-order valence-corrected chi connectivity index (χ1v) is 14.1. The number of halogens is 2. The standard InChI is InChI=1S/C26H28F2N6O3S/c27-21-3-1-18(15-22(21)28)5-6-32-7-9-33(10-8-32)26-25-24(29-17-30-26)20-16-19(2-4-23(20)31-25)38(35,36)34-11-13-37-14-12-34/h1-4,15-17,31H,5-14H2. The Morgan fingerprint density at radius 2 is 1.71 bits per heavy atom. The van der Waals surface area contributed by atoms with Crippen LogP contribution in [0.5, 0.6) is 0 Å². The molecule has 1 N–H and O–H groups in total. The summed E-state index contributed by atoms with van der Waals surface area (Å²) in [5.41, 5.74) is 3.04. The molecule has 4 heterocycles. The number of sulfonamides is 1. The van der Waals surface area contributed by atoms with Gasteiger partial charge in [0.15, 0.2) is 17.5 Å². The lowest BCUT2D eigenvalue weighted by molar-refractivity contribution is 0.0730. The lowest BCUT2D eigenvalue weighted by Gasteiger charge is -2.35. The Kier molecular flexibility index (Phi) is 6.72. The molecule has 2 saturated heterocycles. The fraction of sp³-hybridized carbons (Fsp3) is 0.385. The number of aromatic nitrogens is 3. The Balaban J connectivity index is 1.19. The Hall–Kier alpha value is -3.19. The van der Waals surface area contributed by atoms with Crippen molar-refractivity contribution in [2.75, 3.05) is 63.9 Å². The van der Waals surface area contributed by atoms with Crippen molar-refractivity contribution in [3.63, 3.8) is 0 Å². The van der Waals surface area contributed by atoms with Gasteiger partial charge < -0.3 is 14.6 Å². The third-order valence-electron chi connectivity index (χ3n) is 7.31. The number of morpholine rings is 1. The number of ether oxygens (including phenoxy) is 1. The predicted molar refractivity (Wildman–Crippen MR) is 140 cm³/mol. The fourth-order valence-electron chi connectivity index (χ4n) is 5.16. The normalized spacial score (nSPS) is 18.0. The molecule has 200 valence electrons. The van der Waals surface area contributed by atoms with Crippen LogP contribution in [0.1, 0.15) is 5.56 Å². The van der Waals surface area contributed by atoms with Crippen LogP contribution in [0, 0.1) is 11.6 Å². The van der Waals surface area contributed by atoms with Crippen LogP contribution in [-0.4, -0.2) is 91.6 Å². The second kappa shape index (κ2) is 10.2. The maximum atomic E-state index is 13.5. The van der Waals surface area contributed by atoms with Crippen molar-refractivity contribution >= 4 is 37.8 Å². The first kappa shape index (κ1) is 25.1. The molecule has 2 fully saturated rings. The highest BCUT2D eigenvalue weighted by Gasteiger charge is 2.27. The number of fused-ring (bicyclic) bond motifs is 3. The van der Waals surface area contributed by atoms with Crippen LogP contribution in [0.3, 0.4) is 0 Å². The van der Waals surface area contributed by atoms with Crippen molar-refractivity contribution in [1.82, 2.24) is 24.2 Å². The van der Waals surface area contributed by atoms with E-state index in [1.807, 2.05) is 0 Å². The molecule has 9 nitrogen and oxygen atoms in total. The molecule has 0 saturated carbocycles. The third-order valence-corrected chi connectivity index (χ3v) is 9.21. The molecule has 6 rings (SSSR count). The van der Waals surface area contributed by atoms with Crippen LogP contribution < -0.4 is 4.90 Å². The summed E-state index contributed by atoms with van der Waals surface area (Å²) in [5.74, 6) is -0.862. The van der Waals surface area contributed by atoms with Crippen molar-refractivity contribution in [2.24, 2.45) is 0 Å². The van der Waals surface area contributed by atoms with E-state index in [0.717, 1.165) is 60.5 Å². The monoisotopic (exact) mass is 542 g/mol. The number of nitrogens with zero attached hydrogens (tertiary/aromatic N) is 5. The largest absolute Gasteiger partial charge is 0.379 e. The first-order valence-electron chi connectivity index (χ1n) is 12.7. The molecule has 2 aromatic carbocycles.